The number of ether oxygens (including phenoxy) is 1. The number of urea groups is 1. The molecule has 10 heteroatoms. The quantitative estimate of drug-likeness (QED) is 0.370. The van der Waals surface area contributed by atoms with E-state index in [0.717, 1.165) is 4.90 Å². The zero-order valence-electron chi connectivity index (χ0n) is 18.0. The van der Waals surface area contributed by atoms with E-state index in [4.69, 9.17) is 27.9 Å². The summed E-state index contributed by atoms with van der Waals surface area (Å²) in [6, 6.07) is 18.7. The summed E-state index contributed by atoms with van der Waals surface area (Å²) in [4.78, 5) is 51.1. The smallest absolute Gasteiger partial charge is 0.335 e. The second-order valence-electron chi connectivity index (χ2n) is 7.29. The molecule has 8 nitrogen and oxygen atoms in total. The van der Waals surface area contributed by atoms with E-state index >= 15 is 0 Å². The summed E-state index contributed by atoms with van der Waals surface area (Å²) >= 11 is 12.3. The Bertz CT molecular complexity index is 1360. The first-order chi connectivity index (χ1) is 16.8. The highest BCUT2D eigenvalue weighted by atomic mass is 35.5. The fraction of sp³-hybridized carbons (Fsp3) is 0.0400. The van der Waals surface area contributed by atoms with Crippen molar-refractivity contribution >= 4 is 64.4 Å². The molecule has 5 amide bonds. The molecule has 0 radical (unpaired) electrons. The number of rotatable bonds is 6. The maximum atomic E-state index is 13.1. The highest BCUT2D eigenvalue weighted by Crippen LogP contribution is 2.30. The lowest BCUT2D eigenvalue weighted by atomic mass is 10.1. The van der Waals surface area contributed by atoms with Crippen LogP contribution in [0.5, 0.6) is 5.75 Å². The Kier molecular flexibility index (Phi) is 7.14. The maximum absolute atomic E-state index is 13.1. The number of nitrogens with zero attached hydrogens (tertiary/aromatic N) is 1. The van der Waals surface area contributed by atoms with Crippen LogP contribution in [0.2, 0.25) is 10.0 Å². The van der Waals surface area contributed by atoms with E-state index in [1.54, 1.807) is 36.4 Å². The number of barbiturate groups is 1. The molecule has 176 valence electrons. The van der Waals surface area contributed by atoms with Crippen molar-refractivity contribution in [3.63, 3.8) is 0 Å². The highest BCUT2D eigenvalue weighted by molar-refractivity contribution is 6.42. The third kappa shape index (κ3) is 5.51. The molecule has 3 aromatic rings. The van der Waals surface area contributed by atoms with Crippen LogP contribution in [0.4, 0.5) is 16.2 Å². The van der Waals surface area contributed by atoms with Gasteiger partial charge in [-0.2, -0.15) is 0 Å². The van der Waals surface area contributed by atoms with Gasteiger partial charge in [0, 0.05) is 16.3 Å². The van der Waals surface area contributed by atoms with Crippen LogP contribution in [0, 0.1) is 0 Å². The Morgan fingerprint density at radius 2 is 1.69 bits per heavy atom. The van der Waals surface area contributed by atoms with Crippen molar-refractivity contribution in [2.45, 2.75) is 0 Å². The second-order valence-corrected chi connectivity index (χ2v) is 8.14. The standard InChI is InChI=1S/C25H17Cl2N3O5/c26-16-10-11-21(35-14-22(31)28-17-6-2-1-3-7-17)15(12-16)13-18-23(32)29-25(34)30(24(18)33)20-9-5-4-8-19(20)27/h1-13H,14H2,(H,28,31)(H,29,32,34)/b18-13+. The van der Waals surface area contributed by atoms with E-state index in [0.29, 0.717) is 10.7 Å². The minimum absolute atomic E-state index is 0.121. The molecular weight excluding hydrogens is 493 g/mol. The normalized spacial score (nSPS) is 14.6. The summed E-state index contributed by atoms with van der Waals surface area (Å²) in [5, 5.41) is 5.28. The first-order valence-corrected chi connectivity index (χ1v) is 11.0. The third-order valence-corrected chi connectivity index (χ3v) is 5.44. The Labute approximate surface area is 210 Å². The zero-order valence-corrected chi connectivity index (χ0v) is 19.5. The molecule has 0 saturated carbocycles. The molecule has 0 bridgehead atoms. The molecule has 0 atom stereocenters. The topological polar surface area (TPSA) is 105 Å². The fourth-order valence-corrected chi connectivity index (χ4v) is 3.69. The molecule has 1 aliphatic heterocycles. The lowest BCUT2D eigenvalue weighted by Crippen LogP contribution is -2.54. The van der Waals surface area contributed by atoms with Gasteiger partial charge in [0.15, 0.2) is 6.61 Å². The molecule has 1 saturated heterocycles. The zero-order chi connectivity index (χ0) is 24.9. The Balaban J connectivity index is 1.60. The number of benzene rings is 3. The molecule has 1 aliphatic rings. The minimum Gasteiger partial charge on any atom is -0.483 e. The third-order valence-electron chi connectivity index (χ3n) is 4.88. The minimum atomic E-state index is -0.926. The summed E-state index contributed by atoms with van der Waals surface area (Å²) in [5.74, 6) is -1.98. The molecular formula is C25H17Cl2N3O5. The van der Waals surface area contributed by atoms with Crippen molar-refractivity contribution in [1.29, 1.82) is 0 Å². The molecule has 1 fully saturated rings. The van der Waals surface area contributed by atoms with Gasteiger partial charge in [-0.3, -0.25) is 19.7 Å². The molecule has 2 N–H and O–H groups in total. The summed E-state index contributed by atoms with van der Waals surface area (Å²) in [5.41, 5.74) is 0.644. The van der Waals surface area contributed by atoms with Crippen LogP contribution in [-0.2, 0) is 14.4 Å². The first kappa shape index (κ1) is 24.0. The van der Waals surface area contributed by atoms with E-state index in [1.807, 2.05) is 6.07 Å². The van der Waals surface area contributed by atoms with Crippen LogP contribution >= 0.6 is 23.2 Å². The van der Waals surface area contributed by atoms with Crippen molar-refractivity contribution in [2.24, 2.45) is 0 Å². The lowest BCUT2D eigenvalue weighted by molar-refractivity contribution is -0.122. The molecule has 4 rings (SSSR count). The van der Waals surface area contributed by atoms with Gasteiger partial charge in [0.05, 0.1) is 10.7 Å². The van der Waals surface area contributed by atoms with E-state index < -0.39 is 23.8 Å². The van der Waals surface area contributed by atoms with Crippen molar-refractivity contribution in [2.75, 3.05) is 16.8 Å². The average Bonchev–Trinajstić information content (AvgIpc) is 2.83. The van der Waals surface area contributed by atoms with Crippen molar-refractivity contribution in [3.05, 3.63) is 94.0 Å². The monoisotopic (exact) mass is 509 g/mol. The van der Waals surface area contributed by atoms with Gasteiger partial charge in [0.2, 0.25) is 0 Å². The summed E-state index contributed by atoms with van der Waals surface area (Å²) < 4.78 is 5.63. The number of imide groups is 2. The molecule has 0 unspecified atom stereocenters. The number of amides is 5. The summed E-state index contributed by atoms with van der Waals surface area (Å²) in [6.45, 7) is -0.336. The Morgan fingerprint density at radius 1 is 0.971 bits per heavy atom. The van der Waals surface area contributed by atoms with Gasteiger partial charge in [-0.1, -0.05) is 53.5 Å². The predicted molar refractivity (Wildman–Crippen MR) is 132 cm³/mol. The number of hydrogen-bond donors (Lipinski definition) is 2. The van der Waals surface area contributed by atoms with Crippen molar-refractivity contribution in [1.82, 2.24) is 5.32 Å². The van der Waals surface area contributed by atoms with Gasteiger partial charge in [0.25, 0.3) is 17.7 Å². The van der Waals surface area contributed by atoms with Crippen LogP contribution in [-0.4, -0.2) is 30.4 Å². The lowest BCUT2D eigenvalue weighted by Gasteiger charge is -2.27. The number of carbonyl (C=O) groups is 4. The van der Waals surface area contributed by atoms with E-state index in [1.165, 1.54) is 36.4 Å². The van der Waals surface area contributed by atoms with E-state index in [-0.39, 0.29) is 34.2 Å². The maximum Gasteiger partial charge on any atom is 0.335 e. The molecule has 0 spiro atoms. The number of hydrogen-bond acceptors (Lipinski definition) is 5. The molecule has 3 aromatic carbocycles. The Morgan fingerprint density at radius 3 is 2.43 bits per heavy atom. The summed E-state index contributed by atoms with van der Waals surface area (Å²) in [7, 11) is 0. The fourth-order valence-electron chi connectivity index (χ4n) is 3.29. The van der Waals surface area contributed by atoms with Gasteiger partial charge in [-0.05, 0) is 48.5 Å². The van der Waals surface area contributed by atoms with E-state index in [2.05, 4.69) is 10.6 Å². The average molecular weight is 510 g/mol. The Hall–Kier alpha value is -4.14. The first-order valence-electron chi connectivity index (χ1n) is 10.3. The van der Waals surface area contributed by atoms with Gasteiger partial charge in [-0.15, -0.1) is 0 Å². The highest BCUT2D eigenvalue weighted by Gasteiger charge is 2.37. The van der Waals surface area contributed by atoms with Crippen LogP contribution in [0.25, 0.3) is 6.08 Å². The van der Waals surface area contributed by atoms with Gasteiger partial charge < -0.3 is 10.1 Å². The van der Waals surface area contributed by atoms with Gasteiger partial charge in [-0.25, -0.2) is 9.69 Å². The van der Waals surface area contributed by atoms with Crippen LogP contribution in [0.1, 0.15) is 5.56 Å². The predicted octanol–water partition coefficient (Wildman–Crippen LogP) is 4.68. The van der Waals surface area contributed by atoms with Crippen LogP contribution in [0.15, 0.2) is 78.4 Å². The van der Waals surface area contributed by atoms with Gasteiger partial charge >= 0.3 is 6.03 Å². The second kappa shape index (κ2) is 10.4. The molecule has 0 aliphatic carbocycles. The number of carbonyl (C=O) groups excluding carboxylic acids is 4. The molecule has 0 aromatic heterocycles. The van der Waals surface area contributed by atoms with Crippen LogP contribution in [0.3, 0.4) is 0 Å². The number of para-hydroxylation sites is 2. The largest absolute Gasteiger partial charge is 0.483 e. The number of halogens is 2. The van der Waals surface area contributed by atoms with Crippen molar-refractivity contribution in [3.8, 4) is 5.75 Å². The number of nitrogens with one attached hydrogen (secondary N) is 2. The van der Waals surface area contributed by atoms with Crippen molar-refractivity contribution < 1.29 is 23.9 Å². The summed E-state index contributed by atoms with van der Waals surface area (Å²) in [6.07, 6.45) is 1.24. The SMILES string of the molecule is O=C(COc1ccc(Cl)cc1/C=C1\C(=O)NC(=O)N(c2ccccc2Cl)C1=O)Nc1ccccc1. The number of anilines is 2. The van der Waals surface area contributed by atoms with Crippen LogP contribution < -0.4 is 20.3 Å². The van der Waals surface area contributed by atoms with E-state index in [9.17, 15) is 19.2 Å². The van der Waals surface area contributed by atoms with Gasteiger partial charge in [0.1, 0.15) is 11.3 Å². The molecule has 1 heterocycles. The molecule has 35 heavy (non-hydrogen) atoms.